The standard InChI is InChI=1S/C22H32N4O3.HI/c1-3-11-24-21(27)19-9-5-8-18(15-19)16-26-22(23-4-2)25-12-7-13-28-17-20-10-6-14-29-20;/h5-6,8-10,14-15H,3-4,7,11-13,16-17H2,1-2H3,(H,24,27)(H2,23,25,26);1H. The van der Waals surface area contributed by atoms with Crippen molar-refractivity contribution in [1.29, 1.82) is 0 Å². The van der Waals surface area contributed by atoms with Gasteiger partial charge in [-0.25, -0.2) is 4.99 Å². The number of hydrogen-bond acceptors (Lipinski definition) is 4. The zero-order valence-corrected chi connectivity index (χ0v) is 20.1. The van der Waals surface area contributed by atoms with Gasteiger partial charge in [0, 0.05) is 31.8 Å². The van der Waals surface area contributed by atoms with Gasteiger partial charge in [0.2, 0.25) is 0 Å². The van der Waals surface area contributed by atoms with Crippen LogP contribution >= 0.6 is 24.0 Å². The molecule has 0 atom stereocenters. The highest BCUT2D eigenvalue weighted by Gasteiger charge is 2.05. The number of carbonyl (C=O) groups excluding carboxylic acids is 1. The molecule has 0 saturated carbocycles. The third kappa shape index (κ3) is 10.1. The monoisotopic (exact) mass is 528 g/mol. The molecule has 0 bridgehead atoms. The average Bonchev–Trinajstić information content (AvgIpc) is 3.26. The van der Waals surface area contributed by atoms with Gasteiger partial charge >= 0.3 is 0 Å². The first kappa shape index (κ1) is 26.0. The van der Waals surface area contributed by atoms with Gasteiger partial charge in [0.25, 0.3) is 5.91 Å². The molecule has 0 spiro atoms. The molecule has 0 saturated heterocycles. The van der Waals surface area contributed by atoms with Crippen molar-refractivity contribution in [2.24, 2.45) is 4.99 Å². The number of aliphatic imine (C=N–C) groups is 1. The Hall–Kier alpha value is -2.07. The van der Waals surface area contributed by atoms with Crippen molar-refractivity contribution in [2.45, 2.75) is 39.8 Å². The summed E-state index contributed by atoms with van der Waals surface area (Å²) in [6.07, 6.45) is 3.42. The molecule has 7 nitrogen and oxygen atoms in total. The van der Waals surface area contributed by atoms with E-state index in [2.05, 4.69) is 20.9 Å². The van der Waals surface area contributed by atoms with E-state index in [4.69, 9.17) is 9.15 Å². The number of guanidine groups is 1. The Morgan fingerprint density at radius 3 is 2.70 bits per heavy atom. The molecule has 1 heterocycles. The topological polar surface area (TPSA) is 87.9 Å². The van der Waals surface area contributed by atoms with Crippen LogP contribution in [0.4, 0.5) is 0 Å². The zero-order valence-electron chi connectivity index (χ0n) is 17.8. The molecule has 1 aromatic carbocycles. The lowest BCUT2D eigenvalue weighted by atomic mass is 10.1. The average molecular weight is 528 g/mol. The van der Waals surface area contributed by atoms with Crippen LogP contribution in [0.2, 0.25) is 0 Å². The highest BCUT2D eigenvalue weighted by Crippen LogP contribution is 2.07. The minimum Gasteiger partial charge on any atom is -0.467 e. The number of rotatable bonds is 12. The number of furan rings is 1. The van der Waals surface area contributed by atoms with Gasteiger partial charge in [0.1, 0.15) is 12.4 Å². The summed E-state index contributed by atoms with van der Waals surface area (Å²) in [4.78, 5) is 16.7. The second-order valence-electron chi connectivity index (χ2n) is 6.56. The van der Waals surface area contributed by atoms with Gasteiger partial charge < -0.3 is 25.1 Å². The molecular weight excluding hydrogens is 495 g/mol. The third-order valence-corrected chi connectivity index (χ3v) is 4.07. The van der Waals surface area contributed by atoms with Crippen molar-refractivity contribution in [2.75, 3.05) is 26.2 Å². The summed E-state index contributed by atoms with van der Waals surface area (Å²) in [6.45, 7) is 7.91. The first-order valence-corrected chi connectivity index (χ1v) is 10.2. The third-order valence-electron chi connectivity index (χ3n) is 4.07. The number of benzene rings is 1. The predicted molar refractivity (Wildman–Crippen MR) is 130 cm³/mol. The Kier molecular flexibility index (Phi) is 13.6. The summed E-state index contributed by atoms with van der Waals surface area (Å²) in [5, 5.41) is 9.44. The van der Waals surface area contributed by atoms with Crippen molar-refractivity contribution in [3.8, 4) is 0 Å². The zero-order chi connectivity index (χ0) is 20.7. The fourth-order valence-corrected chi connectivity index (χ4v) is 2.61. The van der Waals surface area contributed by atoms with Crippen LogP contribution < -0.4 is 16.0 Å². The van der Waals surface area contributed by atoms with Gasteiger partial charge in [-0.1, -0.05) is 19.1 Å². The summed E-state index contributed by atoms with van der Waals surface area (Å²) in [5.74, 6) is 1.54. The SMILES string of the molecule is CCCNC(=O)c1cccc(CN=C(NCC)NCCCOCc2ccco2)c1.I. The quantitative estimate of drug-likeness (QED) is 0.169. The predicted octanol–water partition coefficient (Wildman–Crippen LogP) is 3.70. The molecule has 30 heavy (non-hydrogen) atoms. The molecule has 0 unspecified atom stereocenters. The van der Waals surface area contributed by atoms with Crippen LogP contribution in [0.15, 0.2) is 52.1 Å². The summed E-state index contributed by atoms with van der Waals surface area (Å²) >= 11 is 0. The lowest BCUT2D eigenvalue weighted by molar-refractivity contribution is 0.0953. The summed E-state index contributed by atoms with van der Waals surface area (Å²) in [7, 11) is 0. The molecule has 2 rings (SSSR count). The van der Waals surface area contributed by atoms with E-state index in [-0.39, 0.29) is 29.9 Å². The Balaban J connectivity index is 0.00000450. The number of carbonyl (C=O) groups is 1. The van der Waals surface area contributed by atoms with Gasteiger partial charge in [-0.2, -0.15) is 0 Å². The number of nitrogens with one attached hydrogen (secondary N) is 3. The smallest absolute Gasteiger partial charge is 0.251 e. The molecule has 3 N–H and O–H groups in total. The Bertz CT molecular complexity index is 751. The van der Waals surface area contributed by atoms with Crippen molar-refractivity contribution in [3.63, 3.8) is 0 Å². The highest BCUT2D eigenvalue weighted by atomic mass is 127. The van der Waals surface area contributed by atoms with E-state index in [1.54, 1.807) is 6.26 Å². The number of hydrogen-bond donors (Lipinski definition) is 3. The van der Waals surface area contributed by atoms with Crippen LogP contribution in [0, 0.1) is 0 Å². The number of ether oxygens (including phenoxy) is 1. The van der Waals surface area contributed by atoms with E-state index >= 15 is 0 Å². The number of amides is 1. The van der Waals surface area contributed by atoms with Crippen LogP contribution in [-0.2, 0) is 17.9 Å². The first-order chi connectivity index (χ1) is 14.2. The molecule has 2 aromatic rings. The van der Waals surface area contributed by atoms with Crippen LogP contribution in [0.1, 0.15) is 48.4 Å². The van der Waals surface area contributed by atoms with E-state index < -0.39 is 0 Å². The van der Waals surface area contributed by atoms with Gasteiger partial charge in [-0.3, -0.25) is 4.79 Å². The van der Waals surface area contributed by atoms with E-state index in [1.807, 2.05) is 50.2 Å². The molecule has 0 radical (unpaired) electrons. The van der Waals surface area contributed by atoms with Gasteiger partial charge in [0.15, 0.2) is 5.96 Å². The largest absolute Gasteiger partial charge is 0.467 e. The number of halogens is 1. The van der Waals surface area contributed by atoms with Gasteiger partial charge in [-0.15, -0.1) is 24.0 Å². The van der Waals surface area contributed by atoms with Crippen LogP contribution in [-0.4, -0.2) is 38.1 Å². The van der Waals surface area contributed by atoms with E-state index in [0.717, 1.165) is 43.2 Å². The van der Waals surface area contributed by atoms with Crippen molar-refractivity contribution < 1.29 is 13.9 Å². The Labute approximate surface area is 196 Å². The molecule has 0 aliphatic rings. The van der Waals surface area contributed by atoms with Crippen molar-refractivity contribution >= 4 is 35.8 Å². The molecule has 0 aliphatic heterocycles. The van der Waals surface area contributed by atoms with E-state index in [1.165, 1.54) is 0 Å². The Morgan fingerprint density at radius 2 is 1.97 bits per heavy atom. The van der Waals surface area contributed by atoms with Crippen molar-refractivity contribution in [1.82, 2.24) is 16.0 Å². The maximum Gasteiger partial charge on any atom is 0.251 e. The second-order valence-corrected chi connectivity index (χ2v) is 6.56. The minimum absolute atomic E-state index is 0. The van der Waals surface area contributed by atoms with Crippen LogP contribution in [0.3, 0.4) is 0 Å². The van der Waals surface area contributed by atoms with Crippen LogP contribution in [0.5, 0.6) is 0 Å². The molecule has 0 aliphatic carbocycles. The second kappa shape index (κ2) is 15.7. The lowest BCUT2D eigenvalue weighted by Crippen LogP contribution is -2.38. The fraction of sp³-hybridized carbons (Fsp3) is 0.455. The van der Waals surface area contributed by atoms with E-state index in [9.17, 15) is 4.79 Å². The normalized spacial score (nSPS) is 10.9. The fourth-order valence-electron chi connectivity index (χ4n) is 2.61. The minimum atomic E-state index is -0.0442. The maximum atomic E-state index is 12.1. The van der Waals surface area contributed by atoms with E-state index in [0.29, 0.717) is 31.9 Å². The molecule has 8 heteroatoms. The van der Waals surface area contributed by atoms with Crippen LogP contribution in [0.25, 0.3) is 0 Å². The molecule has 0 fully saturated rings. The van der Waals surface area contributed by atoms with Gasteiger partial charge in [0.05, 0.1) is 12.8 Å². The first-order valence-electron chi connectivity index (χ1n) is 10.2. The molecule has 1 aromatic heterocycles. The highest BCUT2D eigenvalue weighted by molar-refractivity contribution is 14.0. The Morgan fingerprint density at radius 1 is 1.10 bits per heavy atom. The molecular formula is C22H33IN4O3. The number of nitrogens with zero attached hydrogens (tertiary/aromatic N) is 1. The summed E-state index contributed by atoms with van der Waals surface area (Å²) in [6, 6.07) is 11.3. The summed E-state index contributed by atoms with van der Waals surface area (Å²) < 4.78 is 10.8. The maximum absolute atomic E-state index is 12.1. The van der Waals surface area contributed by atoms with Crippen molar-refractivity contribution in [3.05, 3.63) is 59.5 Å². The molecule has 166 valence electrons. The lowest BCUT2D eigenvalue weighted by Gasteiger charge is -2.11. The van der Waals surface area contributed by atoms with Gasteiger partial charge in [-0.05, 0) is 49.6 Å². The summed E-state index contributed by atoms with van der Waals surface area (Å²) in [5.41, 5.74) is 1.66. The molecule has 1 amide bonds.